The van der Waals surface area contributed by atoms with Crippen LogP contribution >= 0.6 is 11.3 Å². The smallest absolute Gasteiger partial charge is 0.123 e. The minimum absolute atomic E-state index is 0.298. The highest BCUT2D eigenvalue weighted by Crippen LogP contribution is 2.29. The topological polar surface area (TPSA) is 42.8 Å². The van der Waals surface area contributed by atoms with Crippen LogP contribution < -0.4 is 0 Å². The van der Waals surface area contributed by atoms with Crippen molar-refractivity contribution in [2.45, 2.75) is 6.54 Å². The first-order valence-electron chi connectivity index (χ1n) is 9.95. The highest BCUT2D eigenvalue weighted by Gasteiger charge is 2.34. The number of aliphatic hydroxyl groups excluding tert-OH is 1. The number of likely N-dealkylation sites (N-methyl/N-ethyl adjacent to an activating group) is 1. The Kier molecular flexibility index (Phi) is 6.20. The number of hydrogen-bond donors (Lipinski definition) is 1. The molecule has 3 heterocycles. The molecule has 6 heteroatoms. The molecule has 2 saturated heterocycles. The molecule has 0 amide bonds. The van der Waals surface area contributed by atoms with Crippen molar-refractivity contribution in [1.29, 1.82) is 0 Å². The molecule has 0 aliphatic carbocycles. The van der Waals surface area contributed by atoms with Crippen molar-refractivity contribution in [3.05, 3.63) is 41.4 Å². The molecule has 1 N–H and O–H groups in total. The lowest BCUT2D eigenvalue weighted by Crippen LogP contribution is -2.47. The number of nitrogens with zero attached hydrogens (tertiary/aromatic N) is 4. The van der Waals surface area contributed by atoms with Crippen LogP contribution in [0.5, 0.6) is 0 Å². The fourth-order valence-corrected chi connectivity index (χ4v) is 5.22. The first kappa shape index (κ1) is 19.0. The molecule has 2 atom stereocenters. The van der Waals surface area contributed by atoms with Crippen LogP contribution in [0.4, 0.5) is 0 Å². The lowest BCUT2D eigenvalue weighted by Gasteiger charge is -2.34. The lowest BCUT2D eigenvalue weighted by atomic mass is 9.96. The van der Waals surface area contributed by atoms with E-state index in [4.69, 9.17) is 0 Å². The number of aromatic nitrogens is 1. The van der Waals surface area contributed by atoms with Gasteiger partial charge in [-0.15, -0.1) is 11.3 Å². The molecule has 0 unspecified atom stereocenters. The fraction of sp³-hybridized carbons (Fsp3) is 0.571. The number of benzene rings is 1. The van der Waals surface area contributed by atoms with Crippen molar-refractivity contribution in [2.75, 3.05) is 59.5 Å². The zero-order valence-electron chi connectivity index (χ0n) is 16.1. The lowest BCUT2D eigenvalue weighted by molar-refractivity contribution is 0.116. The van der Waals surface area contributed by atoms with Crippen LogP contribution in [0.15, 0.2) is 36.5 Å². The molecule has 1 aromatic heterocycles. The number of likely N-dealkylation sites (tertiary alicyclic amines) is 1. The van der Waals surface area contributed by atoms with E-state index in [1.165, 1.54) is 10.4 Å². The Labute approximate surface area is 166 Å². The molecule has 1 aromatic carbocycles. The molecule has 27 heavy (non-hydrogen) atoms. The predicted octanol–water partition coefficient (Wildman–Crippen LogP) is 2.10. The third kappa shape index (κ3) is 4.76. The molecule has 0 spiro atoms. The zero-order chi connectivity index (χ0) is 18.6. The first-order valence-corrected chi connectivity index (χ1v) is 10.8. The summed E-state index contributed by atoms with van der Waals surface area (Å²) < 4.78 is 0. The standard InChI is InChI=1S/C21H30N4OS/c1-23-7-9-24(10-8-23)12-18-13-25(14-19(18)16-26)15-20-11-22-21(27-20)17-5-3-2-4-6-17/h2-6,11,18-19,26H,7-10,12-16H2,1H3/t18-,19-/m1/s1. The largest absolute Gasteiger partial charge is 0.396 e. The third-order valence-electron chi connectivity index (χ3n) is 5.93. The third-order valence-corrected chi connectivity index (χ3v) is 6.96. The second-order valence-electron chi connectivity index (χ2n) is 8.00. The molecule has 2 aliphatic rings. The fourth-order valence-electron chi connectivity index (χ4n) is 4.26. The monoisotopic (exact) mass is 386 g/mol. The van der Waals surface area contributed by atoms with E-state index in [9.17, 15) is 5.11 Å². The van der Waals surface area contributed by atoms with Crippen LogP contribution in [0.3, 0.4) is 0 Å². The summed E-state index contributed by atoms with van der Waals surface area (Å²) in [7, 11) is 2.20. The molecule has 4 rings (SSSR count). The van der Waals surface area contributed by atoms with Gasteiger partial charge in [-0.1, -0.05) is 30.3 Å². The molecule has 0 radical (unpaired) electrons. The van der Waals surface area contributed by atoms with Crippen molar-refractivity contribution in [3.63, 3.8) is 0 Å². The molecular formula is C21H30N4OS. The van der Waals surface area contributed by atoms with Crippen molar-refractivity contribution in [2.24, 2.45) is 11.8 Å². The van der Waals surface area contributed by atoms with Crippen LogP contribution in [-0.2, 0) is 6.54 Å². The molecule has 0 bridgehead atoms. The van der Waals surface area contributed by atoms with Gasteiger partial charge in [-0.3, -0.25) is 4.90 Å². The van der Waals surface area contributed by atoms with Crippen molar-refractivity contribution >= 4 is 11.3 Å². The van der Waals surface area contributed by atoms with E-state index in [0.717, 1.165) is 57.4 Å². The van der Waals surface area contributed by atoms with Crippen molar-refractivity contribution < 1.29 is 5.11 Å². The van der Waals surface area contributed by atoms with Crippen LogP contribution in [0.1, 0.15) is 4.88 Å². The Hall–Kier alpha value is -1.31. The Balaban J connectivity index is 1.34. The summed E-state index contributed by atoms with van der Waals surface area (Å²) in [4.78, 5) is 13.4. The van der Waals surface area contributed by atoms with Crippen molar-refractivity contribution in [1.82, 2.24) is 19.7 Å². The minimum atomic E-state index is 0.298. The van der Waals surface area contributed by atoms with Gasteiger partial charge in [0.2, 0.25) is 0 Å². The minimum Gasteiger partial charge on any atom is -0.396 e. The molecular weight excluding hydrogens is 356 g/mol. The van der Waals surface area contributed by atoms with Gasteiger partial charge in [0.05, 0.1) is 0 Å². The average molecular weight is 387 g/mol. The maximum Gasteiger partial charge on any atom is 0.123 e. The van der Waals surface area contributed by atoms with E-state index in [1.54, 1.807) is 11.3 Å². The van der Waals surface area contributed by atoms with Crippen LogP contribution in [-0.4, -0.2) is 84.3 Å². The summed E-state index contributed by atoms with van der Waals surface area (Å²) in [5, 5.41) is 11.0. The maximum atomic E-state index is 9.88. The summed E-state index contributed by atoms with van der Waals surface area (Å²) in [6.07, 6.45) is 2.02. The number of thiazole rings is 1. The number of aliphatic hydroxyl groups is 1. The van der Waals surface area contributed by atoms with E-state index in [-0.39, 0.29) is 0 Å². The Morgan fingerprint density at radius 2 is 1.78 bits per heavy atom. The van der Waals surface area contributed by atoms with E-state index in [1.807, 2.05) is 12.3 Å². The normalized spacial score (nSPS) is 25.3. The number of hydrogen-bond acceptors (Lipinski definition) is 6. The summed E-state index contributed by atoms with van der Waals surface area (Å²) >= 11 is 1.79. The summed E-state index contributed by atoms with van der Waals surface area (Å²) in [5.74, 6) is 0.964. The highest BCUT2D eigenvalue weighted by atomic mass is 32.1. The second-order valence-corrected chi connectivity index (χ2v) is 9.11. The van der Waals surface area contributed by atoms with Gasteiger partial charge in [0.25, 0.3) is 0 Å². The average Bonchev–Trinajstić information content (AvgIpc) is 3.31. The van der Waals surface area contributed by atoms with Gasteiger partial charge in [0, 0.05) is 75.6 Å². The van der Waals surface area contributed by atoms with Gasteiger partial charge in [-0.2, -0.15) is 0 Å². The zero-order valence-corrected chi connectivity index (χ0v) is 16.9. The Morgan fingerprint density at radius 3 is 2.52 bits per heavy atom. The van der Waals surface area contributed by atoms with Gasteiger partial charge in [0.1, 0.15) is 5.01 Å². The van der Waals surface area contributed by atoms with Gasteiger partial charge in [-0.05, 0) is 18.9 Å². The van der Waals surface area contributed by atoms with Crippen LogP contribution in [0.2, 0.25) is 0 Å². The number of rotatable bonds is 6. The summed E-state index contributed by atoms with van der Waals surface area (Å²) in [5.41, 5.74) is 1.19. The molecule has 2 aromatic rings. The van der Waals surface area contributed by atoms with E-state index in [0.29, 0.717) is 18.4 Å². The Bertz CT molecular complexity index is 714. The van der Waals surface area contributed by atoms with Gasteiger partial charge >= 0.3 is 0 Å². The summed E-state index contributed by atoms with van der Waals surface area (Å²) in [6, 6.07) is 10.4. The predicted molar refractivity (Wildman–Crippen MR) is 111 cm³/mol. The molecule has 5 nitrogen and oxygen atoms in total. The summed E-state index contributed by atoms with van der Waals surface area (Å²) in [6.45, 7) is 9.05. The highest BCUT2D eigenvalue weighted by molar-refractivity contribution is 7.15. The quantitative estimate of drug-likeness (QED) is 0.824. The molecule has 0 saturated carbocycles. The molecule has 2 aliphatic heterocycles. The van der Waals surface area contributed by atoms with Gasteiger partial charge < -0.3 is 14.9 Å². The van der Waals surface area contributed by atoms with Crippen molar-refractivity contribution in [3.8, 4) is 10.6 Å². The van der Waals surface area contributed by atoms with Crippen LogP contribution in [0.25, 0.3) is 10.6 Å². The van der Waals surface area contributed by atoms with Gasteiger partial charge in [-0.25, -0.2) is 4.98 Å². The van der Waals surface area contributed by atoms with E-state index >= 15 is 0 Å². The van der Waals surface area contributed by atoms with E-state index < -0.39 is 0 Å². The van der Waals surface area contributed by atoms with Crippen LogP contribution in [0, 0.1) is 11.8 Å². The SMILES string of the molecule is CN1CCN(C[C@@H]2CN(Cc3cnc(-c4ccccc4)s3)C[C@@H]2CO)CC1. The number of piperazine rings is 1. The Morgan fingerprint density at radius 1 is 1.04 bits per heavy atom. The van der Waals surface area contributed by atoms with Gasteiger partial charge in [0.15, 0.2) is 0 Å². The molecule has 2 fully saturated rings. The maximum absolute atomic E-state index is 9.88. The second kappa shape index (κ2) is 8.80. The van der Waals surface area contributed by atoms with E-state index in [2.05, 4.69) is 51.0 Å². The first-order chi connectivity index (χ1) is 13.2. The molecule has 146 valence electrons.